The van der Waals surface area contributed by atoms with E-state index in [-0.39, 0.29) is 18.9 Å². The lowest BCUT2D eigenvalue weighted by atomic mass is 9.81. The van der Waals surface area contributed by atoms with Crippen LogP contribution >= 0.6 is 0 Å². The molecule has 6 rings (SSSR count). The van der Waals surface area contributed by atoms with Gasteiger partial charge in [-0.1, -0.05) is 0 Å². The third-order valence-corrected chi connectivity index (χ3v) is 6.86. The fourth-order valence-corrected chi connectivity index (χ4v) is 5.13. The number of rotatable bonds is 6. The zero-order valence-electron chi connectivity index (χ0n) is 18.5. The van der Waals surface area contributed by atoms with Crippen LogP contribution in [0.2, 0.25) is 0 Å². The van der Waals surface area contributed by atoms with Gasteiger partial charge in [0.2, 0.25) is 5.95 Å². The summed E-state index contributed by atoms with van der Waals surface area (Å²) in [6, 6.07) is 4.07. The van der Waals surface area contributed by atoms with Crippen molar-refractivity contribution in [2.45, 2.75) is 50.6 Å². The number of pyridine rings is 1. The molecule has 4 aromatic heterocycles. The number of anilines is 1. The van der Waals surface area contributed by atoms with E-state index in [0.29, 0.717) is 29.4 Å². The summed E-state index contributed by atoms with van der Waals surface area (Å²) in [5, 5.41) is 8.00. The molecule has 0 bridgehead atoms. The van der Waals surface area contributed by atoms with E-state index >= 15 is 0 Å². The van der Waals surface area contributed by atoms with Crippen LogP contribution in [-0.2, 0) is 4.74 Å². The maximum absolute atomic E-state index is 13.5. The van der Waals surface area contributed by atoms with Gasteiger partial charge in [-0.05, 0) is 37.8 Å². The number of fused-ring (bicyclic) bond motifs is 2. The smallest absolute Gasteiger partial charge is 0.252 e. The van der Waals surface area contributed by atoms with E-state index in [0.717, 1.165) is 41.6 Å². The average molecular weight is 453 g/mol. The van der Waals surface area contributed by atoms with Crippen molar-refractivity contribution in [2.24, 2.45) is 5.92 Å². The lowest BCUT2D eigenvalue weighted by Gasteiger charge is -2.36. The molecule has 2 aliphatic rings. The van der Waals surface area contributed by atoms with Crippen LogP contribution in [0.3, 0.4) is 0 Å². The largest absolute Gasteiger partial charge is 0.384 e. The Hall–Kier alpha value is -3.14. The summed E-state index contributed by atoms with van der Waals surface area (Å²) < 4.78 is 35.9. The Morgan fingerprint density at radius 3 is 2.76 bits per heavy atom. The normalized spacial score (nSPS) is 22.4. The molecule has 0 aliphatic heterocycles. The standard InChI is InChI=1S/C23H25F2N7O/c1-13-28-21-19(32(13)17-8-23(24,25)9-17)7-15(10-26-21)18-3-4-31-20(18)11-27-22(30-31)29-16-5-14(6-16)12-33-2/h3-4,7,10-11,14,16-17H,5-6,8-9,12H2,1-2H3,(H,29,30). The van der Waals surface area contributed by atoms with Gasteiger partial charge >= 0.3 is 0 Å². The van der Waals surface area contributed by atoms with Crippen molar-refractivity contribution in [1.82, 2.24) is 29.1 Å². The molecule has 2 saturated carbocycles. The third-order valence-electron chi connectivity index (χ3n) is 6.86. The summed E-state index contributed by atoms with van der Waals surface area (Å²) in [5.41, 5.74) is 4.02. The molecule has 4 aromatic rings. The maximum atomic E-state index is 13.5. The number of aromatic nitrogens is 6. The average Bonchev–Trinajstić information content (AvgIpc) is 3.29. The lowest BCUT2D eigenvalue weighted by molar-refractivity contribution is -0.103. The predicted octanol–water partition coefficient (Wildman–Crippen LogP) is 4.26. The molecule has 33 heavy (non-hydrogen) atoms. The van der Waals surface area contributed by atoms with Gasteiger partial charge in [-0.25, -0.2) is 28.2 Å². The number of hydrogen-bond acceptors (Lipinski definition) is 6. The first kappa shape index (κ1) is 20.5. The second kappa shape index (κ2) is 7.44. The summed E-state index contributed by atoms with van der Waals surface area (Å²) in [7, 11) is 1.73. The molecule has 0 amide bonds. The SMILES string of the molecule is COCC1CC(Nc2ncc3c(-c4cnc5nc(C)n(C6CC(F)(F)C6)c5c4)ccn3n2)C1. The molecule has 0 atom stereocenters. The molecule has 0 radical (unpaired) electrons. The molecule has 0 unspecified atom stereocenters. The van der Waals surface area contributed by atoms with Crippen molar-refractivity contribution in [3.8, 4) is 11.1 Å². The molecule has 8 nitrogen and oxygen atoms in total. The molecule has 0 saturated heterocycles. The number of halogens is 2. The highest BCUT2D eigenvalue weighted by atomic mass is 19.3. The van der Waals surface area contributed by atoms with Crippen molar-refractivity contribution in [1.29, 1.82) is 0 Å². The Morgan fingerprint density at radius 1 is 1.18 bits per heavy atom. The summed E-state index contributed by atoms with van der Waals surface area (Å²) in [4.78, 5) is 13.5. The van der Waals surface area contributed by atoms with Gasteiger partial charge in [-0.2, -0.15) is 0 Å². The van der Waals surface area contributed by atoms with Gasteiger partial charge in [0.15, 0.2) is 5.65 Å². The van der Waals surface area contributed by atoms with E-state index in [4.69, 9.17) is 4.74 Å². The summed E-state index contributed by atoms with van der Waals surface area (Å²) in [5.74, 6) is -0.691. The number of methoxy groups -OCH3 is 1. The topological polar surface area (TPSA) is 82.2 Å². The van der Waals surface area contributed by atoms with Crippen LogP contribution in [0.4, 0.5) is 14.7 Å². The number of aryl methyl sites for hydroxylation is 1. The van der Waals surface area contributed by atoms with Crippen LogP contribution in [0, 0.1) is 12.8 Å². The molecule has 2 aliphatic carbocycles. The van der Waals surface area contributed by atoms with Crippen molar-refractivity contribution in [3.05, 3.63) is 36.5 Å². The minimum atomic E-state index is -2.59. The van der Waals surface area contributed by atoms with Crippen LogP contribution in [0.15, 0.2) is 30.7 Å². The van der Waals surface area contributed by atoms with Gasteiger partial charge in [0.1, 0.15) is 5.82 Å². The third kappa shape index (κ3) is 3.52. The Labute approximate surface area is 189 Å². The fraction of sp³-hybridized carbons (Fsp3) is 0.478. The molecule has 1 N–H and O–H groups in total. The first-order chi connectivity index (χ1) is 15.9. The quantitative estimate of drug-likeness (QED) is 0.470. The van der Waals surface area contributed by atoms with Crippen LogP contribution in [0.1, 0.15) is 37.5 Å². The fourth-order valence-electron chi connectivity index (χ4n) is 5.13. The van der Waals surface area contributed by atoms with Crippen molar-refractivity contribution in [3.63, 3.8) is 0 Å². The number of alkyl halides is 2. The van der Waals surface area contributed by atoms with Crippen LogP contribution < -0.4 is 5.32 Å². The molecule has 4 heterocycles. The maximum Gasteiger partial charge on any atom is 0.252 e. The van der Waals surface area contributed by atoms with Gasteiger partial charge in [0.05, 0.1) is 17.2 Å². The molecule has 10 heteroatoms. The van der Waals surface area contributed by atoms with Gasteiger partial charge in [-0.15, -0.1) is 5.10 Å². The summed E-state index contributed by atoms with van der Waals surface area (Å²) >= 11 is 0. The van der Waals surface area contributed by atoms with Crippen LogP contribution in [0.5, 0.6) is 0 Å². The lowest BCUT2D eigenvalue weighted by Crippen LogP contribution is -2.38. The van der Waals surface area contributed by atoms with E-state index < -0.39 is 5.92 Å². The van der Waals surface area contributed by atoms with E-state index in [9.17, 15) is 8.78 Å². The van der Waals surface area contributed by atoms with Gasteiger partial charge in [-0.3, -0.25) is 0 Å². The van der Waals surface area contributed by atoms with Gasteiger partial charge < -0.3 is 14.6 Å². The molecule has 0 spiro atoms. The number of nitrogens with zero attached hydrogens (tertiary/aromatic N) is 6. The van der Waals surface area contributed by atoms with Gasteiger partial charge in [0, 0.05) is 62.2 Å². The second-order valence-electron chi connectivity index (χ2n) is 9.29. The highest BCUT2D eigenvalue weighted by Crippen LogP contribution is 2.47. The van der Waals surface area contributed by atoms with Crippen molar-refractivity contribution < 1.29 is 13.5 Å². The molecule has 172 valence electrons. The first-order valence-electron chi connectivity index (χ1n) is 11.2. The molecular formula is C23H25F2N7O. The summed E-state index contributed by atoms with van der Waals surface area (Å²) in [6.45, 7) is 2.63. The van der Waals surface area contributed by atoms with E-state index in [1.54, 1.807) is 24.0 Å². The highest BCUT2D eigenvalue weighted by Gasteiger charge is 2.47. The Balaban J connectivity index is 1.28. The van der Waals surface area contributed by atoms with E-state index in [1.807, 2.05) is 29.8 Å². The van der Waals surface area contributed by atoms with E-state index in [2.05, 4.69) is 25.4 Å². The number of imidazole rings is 1. The second-order valence-corrected chi connectivity index (χ2v) is 9.29. The molecular weight excluding hydrogens is 428 g/mol. The zero-order chi connectivity index (χ0) is 22.7. The number of nitrogens with one attached hydrogen (secondary N) is 1. The minimum Gasteiger partial charge on any atom is -0.384 e. The molecule has 0 aromatic carbocycles. The van der Waals surface area contributed by atoms with Crippen molar-refractivity contribution >= 4 is 22.6 Å². The highest BCUT2D eigenvalue weighted by molar-refractivity contribution is 5.85. The minimum absolute atomic E-state index is 0.157. The van der Waals surface area contributed by atoms with Gasteiger partial charge in [0.25, 0.3) is 5.92 Å². The van der Waals surface area contributed by atoms with Crippen LogP contribution in [-0.4, -0.2) is 54.8 Å². The van der Waals surface area contributed by atoms with E-state index in [1.165, 1.54) is 0 Å². The zero-order valence-corrected chi connectivity index (χ0v) is 18.5. The Kier molecular flexibility index (Phi) is 4.62. The Morgan fingerprint density at radius 2 is 2.00 bits per heavy atom. The number of hydrogen-bond donors (Lipinski definition) is 1. The van der Waals surface area contributed by atoms with Crippen molar-refractivity contribution in [2.75, 3.05) is 19.0 Å². The molecule has 2 fully saturated rings. The first-order valence-corrected chi connectivity index (χ1v) is 11.2. The number of ether oxygens (including phenoxy) is 1. The van der Waals surface area contributed by atoms with Crippen LogP contribution in [0.25, 0.3) is 27.8 Å². The predicted molar refractivity (Wildman–Crippen MR) is 119 cm³/mol. The summed E-state index contributed by atoms with van der Waals surface area (Å²) in [6.07, 6.45) is 7.25. The Bertz CT molecular complexity index is 1330. The monoisotopic (exact) mass is 453 g/mol.